The second kappa shape index (κ2) is 8.87. The number of ether oxygens (including phenoxy) is 1. The maximum atomic E-state index is 12.9. The van der Waals surface area contributed by atoms with Crippen molar-refractivity contribution in [3.63, 3.8) is 0 Å². The third-order valence-corrected chi connectivity index (χ3v) is 5.50. The molecule has 134 valence electrons. The maximum absolute atomic E-state index is 12.9. The minimum atomic E-state index is 0.00411. The van der Waals surface area contributed by atoms with E-state index in [0.717, 1.165) is 22.0 Å². The zero-order valence-electron chi connectivity index (χ0n) is 14.7. The van der Waals surface area contributed by atoms with E-state index < -0.39 is 0 Å². The first-order valence-electron chi connectivity index (χ1n) is 8.33. The van der Waals surface area contributed by atoms with Gasteiger partial charge in [-0.05, 0) is 50.2 Å². The molecular formula is C20H20N2O2S2. The first-order chi connectivity index (χ1) is 12.7. The van der Waals surface area contributed by atoms with Gasteiger partial charge in [0.2, 0.25) is 5.91 Å². The van der Waals surface area contributed by atoms with Crippen LogP contribution >= 0.6 is 23.1 Å². The van der Waals surface area contributed by atoms with Crippen molar-refractivity contribution in [2.75, 3.05) is 17.3 Å². The molecule has 0 spiro atoms. The fraction of sp³-hybridized carbons (Fsp3) is 0.200. The zero-order valence-corrected chi connectivity index (χ0v) is 16.3. The molecule has 1 amide bonds. The third kappa shape index (κ3) is 4.65. The van der Waals surface area contributed by atoms with Gasteiger partial charge < -0.3 is 4.74 Å². The topological polar surface area (TPSA) is 42.4 Å². The number of amides is 1. The number of thioether (sulfide) groups is 1. The SMILES string of the molecule is CCOc1ccc(SCC(=O)N(c2ccccc2)c2nc(C)cs2)cc1. The number of hydrogen-bond acceptors (Lipinski definition) is 5. The normalized spacial score (nSPS) is 10.5. The lowest BCUT2D eigenvalue weighted by molar-refractivity contribution is -0.115. The first-order valence-corrected chi connectivity index (χ1v) is 10.2. The van der Waals surface area contributed by atoms with Crippen LogP contribution in [0.4, 0.5) is 10.8 Å². The van der Waals surface area contributed by atoms with E-state index >= 15 is 0 Å². The quantitative estimate of drug-likeness (QED) is 0.518. The number of carbonyl (C=O) groups excluding carboxylic acids is 1. The largest absolute Gasteiger partial charge is 0.494 e. The molecule has 0 saturated heterocycles. The number of benzene rings is 2. The average molecular weight is 385 g/mol. The number of rotatable bonds is 7. The van der Waals surface area contributed by atoms with Crippen molar-refractivity contribution in [1.29, 1.82) is 0 Å². The molecule has 26 heavy (non-hydrogen) atoms. The molecule has 0 aliphatic heterocycles. The standard InChI is InChI=1S/C20H20N2O2S2/c1-3-24-17-9-11-18(12-10-17)25-14-19(23)22(16-7-5-4-6-8-16)20-21-15(2)13-26-20/h4-13H,3,14H2,1-2H3. The Balaban J connectivity index is 1.73. The predicted octanol–water partition coefficient (Wildman–Crippen LogP) is 5.31. The first kappa shape index (κ1) is 18.5. The van der Waals surface area contributed by atoms with Crippen molar-refractivity contribution in [2.45, 2.75) is 18.7 Å². The van der Waals surface area contributed by atoms with Gasteiger partial charge in [0.05, 0.1) is 23.7 Å². The molecule has 0 atom stereocenters. The molecule has 0 aliphatic rings. The van der Waals surface area contributed by atoms with E-state index in [0.29, 0.717) is 17.5 Å². The Bertz CT molecular complexity index is 848. The summed E-state index contributed by atoms with van der Waals surface area (Å²) in [6.07, 6.45) is 0. The van der Waals surface area contributed by atoms with Gasteiger partial charge in [0.15, 0.2) is 5.13 Å². The third-order valence-electron chi connectivity index (χ3n) is 3.56. The smallest absolute Gasteiger partial charge is 0.243 e. The summed E-state index contributed by atoms with van der Waals surface area (Å²) in [6.45, 7) is 4.53. The van der Waals surface area contributed by atoms with Gasteiger partial charge in [-0.2, -0.15) is 0 Å². The summed E-state index contributed by atoms with van der Waals surface area (Å²) in [6, 6.07) is 17.4. The van der Waals surface area contributed by atoms with Crippen LogP contribution in [0.15, 0.2) is 64.9 Å². The molecule has 1 heterocycles. The molecule has 0 N–H and O–H groups in total. The van der Waals surface area contributed by atoms with Gasteiger partial charge in [-0.25, -0.2) is 4.98 Å². The molecule has 3 aromatic rings. The Morgan fingerprint density at radius 3 is 2.50 bits per heavy atom. The van der Waals surface area contributed by atoms with Gasteiger partial charge in [-0.1, -0.05) is 18.2 Å². The molecule has 1 aromatic heterocycles. The lowest BCUT2D eigenvalue weighted by Gasteiger charge is -2.20. The minimum absolute atomic E-state index is 0.00411. The van der Waals surface area contributed by atoms with Gasteiger partial charge in [0.25, 0.3) is 0 Å². The van der Waals surface area contributed by atoms with E-state index in [1.54, 1.807) is 4.90 Å². The Morgan fingerprint density at radius 2 is 1.88 bits per heavy atom. The molecule has 0 radical (unpaired) electrons. The minimum Gasteiger partial charge on any atom is -0.494 e. The van der Waals surface area contributed by atoms with Crippen LogP contribution in [0.25, 0.3) is 0 Å². The monoisotopic (exact) mass is 384 g/mol. The summed E-state index contributed by atoms with van der Waals surface area (Å²) in [4.78, 5) is 20.2. The van der Waals surface area contributed by atoms with Crippen molar-refractivity contribution in [3.05, 3.63) is 65.7 Å². The molecule has 0 unspecified atom stereocenters. The van der Waals surface area contributed by atoms with Gasteiger partial charge in [0.1, 0.15) is 5.75 Å². The van der Waals surface area contributed by atoms with Crippen LogP contribution in [0.1, 0.15) is 12.6 Å². The second-order valence-electron chi connectivity index (χ2n) is 5.53. The number of aryl methyl sites for hydroxylation is 1. The van der Waals surface area contributed by atoms with Crippen LogP contribution in [0, 0.1) is 6.92 Å². The van der Waals surface area contributed by atoms with Gasteiger partial charge >= 0.3 is 0 Å². The molecule has 0 aliphatic carbocycles. The summed E-state index contributed by atoms with van der Waals surface area (Å²) < 4.78 is 5.45. The molecule has 6 heteroatoms. The molecule has 4 nitrogen and oxygen atoms in total. The average Bonchev–Trinajstić information content (AvgIpc) is 3.08. The van der Waals surface area contributed by atoms with Crippen LogP contribution in [0.5, 0.6) is 5.75 Å². The molecule has 3 rings (SSSR count). The van der Waals surface area contributed by atoms with Crippen LogP contribution in [-0.2, 0) is 4.79 Å². The Labute approximate surface area is 161 Å². The van der Waals surface area contributed by atoms with Crippen LogP contribution < -0.4 is 9.64 Å². The molecule has 2 aromatic carbocycles. The summed E-state index contributed by atoms with van der Waals surface area (Å²) in [7, 11) is 0. The van der Waals surface area contributed by atoms with Gasteiger partial charge in [0, 0.05) is 10.3 Å². The number of para-hydroxylation sites is 1. The van der Waals surface area contributed by atoms with E-state index in [-0.39, 0.29) is 5.91 Å². The van der Waals surface area contributed by atoms with Crippen molar-refractivity contribution in [2.24, 2.45) is 0 Å². The molecule has 0 saturated carbocycles. The summed E-state index contributed by atoms with van der Waals surface area (Å²) in [5.74, 6) is 1.18. The Kier molecular flexibility index (Phi) is 6.30. The van der Waals surface area contributed by atoms with Gasteiger partial charge in [-0.3, -0.25) is 9.69 Å². The zero-order chi connectivity index (χ0) is 18.4. The summed E-state index contributed by atoms with van der Waals surface area (Å²) in [5, 5.41) is 2.66. The Morgan fingerprint density at radius 1 is 1.15 bits per heavy atom. The highest BCUT2D eigenvalue weighted by Crippen LogP contribution is 2.30. The number of aromatic nitrogens is 1. The predicted molar refractivity (Wildman–Crippen MR) is 109 cm³/mol. The van der Waals surface area contributed by atoms with E-state index in [1.165, 1.54) is 23.1 Å². The van der Waals surface area contributed by atoms with E-state index in [4.69, 9.17) is 4.74 Å². The van der Waals surface area contributed by atoms with E-state index in [1.807, 2.05) is 73.8 Å². The lowest BCUT2D eigenvalue weighted by Crippen LogP contribution is -2.27. The van der Waals surface area contributed by atoms with Crippen molar-refractivity contribution < 1.29 is 9.53 Å². The second-order valence-corrected chi connectivity index (χ2v) is 7.41. The highest BCUT2D eigenvalue weighted by Gasteiger charge is 2.20. The molecule has 0 fully saturated rings. The van der Waals surface area contributed by atoms with Crippen LogP contribution in [0.2, 0.25) is 0 Å². The number of anilines is 2. The van der Waals surface area contributed by atoms with Crippen molar-refractivity contribution in [1.82, 2.24) is 4.98 Å². The van der Waals surface area contributed by atoms with Crippen molar-refractivity contribution in [3.8, 4) is 5.75 Å². The number of carbonyl (C=O) groups is 1. The molecular weight excluding hydrogens is 364 g/mol. The van der Waals surface area contributed by atoms with Crippen LogP contribution in [0.3, 0.4) is 0 Å². The highest BCUT2D eigenvalue weighted by molar-refractivity contribution is 8.00. The van der Waals surface area contributed by atoms with Crippen molar-refractivity contribution >= 4 is 39.8 Å². The Hall–Kier alpha value is -2.31. The lowest BCUT2D eigenvalue weighted by atomic mass is 10.3. The summed E-state index contributed by atoms with van der Waals surface area (Å²) in [5.41, 5.74) is 1.75. The fourth-order valence-electron chi connectivity index (χ4n) is 2.39. The number of hydrogen-bond donors (Lipinski definition) is 0. The van der Waals surface area contributed by atoms with E-state index in [2.05, 4.69) is 4.98 Å². The van der Waals surface area contributed by atoms with Crippen LogP contribution in [-0.4, -0.2) is 23.3 Å². The highest BCUT2D eigenvalue weighted by atomic mass is 32.2. The summed E-state index contributed by atoms with van der Waals surface area (Å²) >= 11 is 2.99. The molecule has 0 bridgehead atoms. The van der Waals surface area contributed by atoms with Gasteiger partial charge in [-0.15, -0.1) is 23.1 Å². The number of thiazole rings is 1. The maximum Gasteiger partial charge on any atom is 0.243 e. The fourth-order valence-corrected chi connectivity index (χ4v) is 3.98. The van der Waals surface area contributed by atoms with E-state index in [9.17, 15) is 4.79 Å². The number of nitrogens with zero attached hydrogens (tertiary/aromatic N) is 2.